The van der Waals surface area contributed by atoms with E-state index in [1.54, 1.807) is 19.1 Å². The summed E-state index contributed by atoms with van der Waals surface area (Å²) < 4.78 is 0. The highest BCUT2D eigenvalue weighted by Crippen LogP contribution is 2.22. The van der Waals surface area contributed by atoms with Gasteiger partial charge in [0.25, 0.3) is 0 Å². The molecule has 1 atom stereocenters. The first-order valence-corrected chi connectivity index (χ1v) is 6.10. The van der Waals surface area contributed by atoms with Gasteiger partial charge in [0.2, 0.25) is 0 Å². The van der Waals surface area contributed by atoms with Crippen LogP contribution in [0, 0.1) is 0 Å². The number of nitrogens with zero attached hydrogens (tertiary/aromatic N) is 1. The van der Waals surface area contributed by atoms with Gasteiger partial charge < -0.3 is 5.11 Å². The van der Waals surface area contributed by atoms with Gasteiger partial charge in [0.05, 0.1) is 12.0 Å². The van der Waals surface area contributed by atoms with E-state index in [1.807, 2.05) is 12.1 Å². The fourth-order valence-corrected chi connectivity index (χ4v) is 2.24. The summed E-state index contributed by atoms with van der Waals surface area (Å²) in [5.74, 6) is 0.0217. The second kappa shape index (κ2) is 5.17. The summed E-state index contributed by atoms with van der Waals surface area (Å²) in [7, 11) is 0. The van der Waals surface area contributed by atoms with Crippen molar-refractivity contribution in [1.29, 1.82) is 0 Å². The van der Waals surface area contributed by atoms with Gasteiger partial charge in [0, 0.05) is 24.7 Å². The van der Waals surface area contributed by atoms with Crippen LogP contribution in [0.15, 0.2) is 24.3 Å². The van der Waals surface area contributed by atoms with E-state index in [0.29, 0.717) is 24.7 Å². The largest absolute Gasteiger partial charge is 0.390 e. The molecule has 1 aromatic rings. The van der Waals surface area contributed by atoms with Crippen LogP contribution in [0.1, 0.15) is 18.4 Å². The lowest BCUT2D eigenvalue weighted by Gasteiger charge is -2.37. The zero-order valence-corrected chi connectivity index (χ0v) is 10.5. The maximum Gasteiger partial charge on any atom is 0.138 e. The molecule has 0 amide bonds. The second-order valence-electron chi connectivity index (χ2n) is 4.59. The third-order valence-electron chi connectivity index (χ3n) is 3.14. The molecule has 0 bridgehead atoms. The van der Waals surface area contributed by atoms with E-state index in [1.165, 1.54) is 0 Å². The van der Waals surface area contributed by atoms with Gasteiger partial charge in [-0.1, -0.05) is 23.7 Å². The number of Topliss-reactive ketones (excluding diaryl/α,β-unsaturated/α-hetero) is 1. The minimum Gasteiger partial charge on any atom is -0.390 e. The SMILES string of the molecule is CC(=O)[C@H](CN1CC(O)C1)c1ccc(Cl)cc1. The standard InChI is InChI=1S/C13H16ClNO2/c1-9(16)13(8-15-6-12(17)7-15)10-2-4-11(14)5-3-10/h2-5,12-13,17H,6-8H2,1H3/t13-/m0/s1. The van der Waals surface area contributed by atoms with Gasteiger partial charge in [0.15, 0.2) is 0 Å². The number of aliphatic hydroxyl groups is 1. The second-order valence-corrected chi connectivity index (χ2v) is 5.02. The summed E-state index contributed by atoms with van der Waals surface area (Å²) >= 11 is 5.83. The number of aliphatic hydroxyl groups excluding tert-OH is 1. The van der Waals surface area contributed by atoms with Crippen LogP contribution in [0.3, 0.4) is 0 Å². The lowest BCUT2D eigenvalue weighted by atomic mass is 9.93. The topological polar surface area (TPSA) is 40.5 Å². The van der Waals surface area contributed by atoms with Crippen molar-refractivity contribution in [3.63, 3.8) is 0 Å². The van der Waals surface area contributed by atoms with Crippen LogP contribution in [0.4, 0.5) is 0 Å². The number of β-amino-alcohol motifs (C(OH)–C–C–N with tert-alkyl or cyclic N) is 1. The van der Waals surface area contributed by atoms with Crippen molar-refractivity contribution in [3.05, 3.63) is 34.9 Å². The fraction of sp³-hybridized carbons (Fsp3) is 0.462. The molecule has 0 spiro atoms. The zero-order valence-electron chi connectivity index (χ0n) is 9.77. The summed E-state index contributed by atoms with van der Waals surface area (Å²) in [4.78, 5) is 13.8. The van der Waals surface area contributed by atoms with Crippen LogP contribution >= 0.6 is 11.6 Å². The molecule has 3 nitrogen and oxygen atoms in total. The summed E-state index contributed by atoms with van der Waals surface area (Å²) in [5, 5.41) is 9.91. The minimum absolute atomic E-state index is 0.125. The molecule has 1 N–H and O–H groups in total. The smallest absolute Gasteiger partial charge is 0.138 e. The first-order valence-electron chi connectivity index (χ1n) is 5.72. The van der Waals surface area contributed by atoms with E-state index in [9.17, 15) is 9.90 Å². The average molecular weight is 254 g/mol. The first-order chi connectivity index (χ1) is 8.06. The normalized spacial score (nSPS) is 18.8. The predicted molar refractivity (Wildman–Crippen MR) is 67.3 cm³/mol. The molecule has 0 saturated carbocycles. The minimum atomic E-state index is -0.229. The van der Waals surface area contributed by atoms with E-state index >= 15 is 0 Å². The van der Waals surface area contributed by atoms with Crippen molar-refractivity contribution in [2.45, 2.75) is 18.9 Å². The molecular formula is C13H16ClNO2. The van der Waals surface area contributed by atoms with Gasteiger partial charge in [-0.15, -0.1) is 0 Å². The summed E-state index contributed by atoms with van der Waals surface area (Å²) in [6.45, 7) is 3.61. The Balaban J connectivity index is 2.06. The van der Waals surface area contributed by atoms with Gasteiger partial charge in [-0.2, -0.15) is 0 Å². The summed E-state index contributed by atoms with van der Waals surface area (Å²) in [6.07, 6.45) is -0.229. The van der Waals surface area contributed by atoms with Crippen molar-refractivity contribution in [3.8, 4) is 0 Å². The van der Waals surface area contributed by atoms with Crippen molar-refractivity contribution in [2.24, 2.45) is 0 Å². The van der Waals surface area contributed by atoms with Crippen LogP contribution in [0.2, 0.25) is 5.02 Å². The third kappa shape index (κ3) is 3.06. The molecule has 2 rings (SSSR count). The van der Waals surface area contributed by atoms with Crippen LogP contribution < -0.4 is 0 Å². The Morgan fingerprint density at radius 3 is 2.53 bits per heavy atom. The number of ketones is 1. The number of likely N-dealkylation sites (tertiary alicyclic amines) is 1. The van der Waals surface area contributed by atoms with E-state index in [4.69, 9.17) is 11.6 Å². The lowest BCUT2D eigenvalue weighted by molar-refractivity contribution is -0.119. The number of carbonyl (C=O) groups excluding carboxylic acids is 1. The summed E-state index contributed by atoms with van der Waals surface area (Å²) in [5.41, 5.74) is 0.989. The highest BCUT2D eigenvalue weighted by atomic mass is 35.5. The monoisotopic (exact) mass is 253 g/mol. The van der Waals surface area contributed by atoms with Gasteiger partial charge in [0.1, 0.15) is 5.78 Å². The van der Waals surface area contributed by atoms with E-state index in [2.05, 4.69) is 4.90 Å². The molecule has 1 aliphatic rings. The van der Waals surface area contributed by atoms with Gasteiger partial charge in [-0.25, -0.2) is 0 Å². The molecule has 0 radical (unpaired) electrons. The van der Waals surface area contributed by atoms with Crippen molar-refractivity contribution < 1.29 is 9.90 Å². The molecule has 1 saturated heterocycles. The van der Waals surface area contributed by atoms with Crippen molar-refractivity contribution in [2.75, 3.05) is 19.6 Å². The number of halogens is 1. The first kappa shape index (κ1) is 12.6. The molecule has 0 aliphatic carbocycles. The fourth-order valence-electron chi connectivity index (χ4n) is 2.11. The Kier molecular flexibility index (Phi) is 3.82. The predicted octanol–water partition coefficient (Wildman–Crippen LogP) is 1.69. The number of hydrogen-bond donors (Lipinski definition) is 1. The Hall–Kier alpha value is -0.900. The van der Waals surface area contributed by atoms with Crippen molar-refractivity contribution >= 4 is 17.4 Å². The molecule has 0 aromatic heterocycles. The quantitative estimate of drug-likeness (QED) is 0.888. The molecule has 17 heavy (non-hydrogen) atoms. The maximum atomic E-state index is 11.7. The average Bonchev–Trinajstić information content (AvgIpc) is 2.24. The highest BCUT2D eigenvalue weighted by Gasteiger charge is 2.28. The third-order valence-corrected chi connectivity index (χ3v) is 3.39. The Morgan fingerprint density at radius 1 is 1.47 bits per heavy atom. The highest BCUT2D eigenvalue weighted by molar-refractivity contribution is 6.30. The van der Waals surface area contributed by atoms with Gasteiger partial charge in [-0.3, -0.25) is 9.69 Å². The molecular weight excluding hydrogens is 238 g/mol. The van der Waals surface area contributed by atoms with E-state index in [-0.39, 0.29) is 17.8 Å². The van der Waals surface area contributed by atoms with Crippen molar-refractivity contribution in [1.82, 2.24) is 4.90 Å². The number of benzene rings is 1. The van der Waals surface area contributed by atoms with Gasteiger partial charge in [-0.05, 0) is 24.6 Å². The van der Waals surface area contributed by atoms with Gasteiger partial charge >= 0.3 is 0 Å². The zero-order chi connectivity index (χ0) is 12.4. The summed E-state index contributed by atoms with van der Waals surface area (Å²) in [6, 6.07) is 7.39. The number of rotatable bonds is 4. The number of hydrogen-bond acceptors (Lipinski definition) is 3. The molecule has 0 unspecified atom stereocenters. The van der Waals surface area contributed by atoms with Crippen LogP contribution in [0.25, 0.3) is 0 Å². The van der Waals surface area contributed by atoms with Crippen LogP contribution in [0.5, 0.6) is 0 Å². The Labute approximate surface area is 106 Å². The molecule has 1 heterocycles. The molecule has 92 valence electrons. The maximum absolute atomic E-state index is 11.7. The lowest BCUT2D eigenvalue weighted by Crippen LogP contribution is -2.52. The Bertz CT molecular complexity index is 398. The van der Waals surface area contributed by atoms with Crippen LogP contribution in [-0.4, -0.2) is 41.5 Å². The molecule has 1 aliphatic heterocycles. The van der Waals surface area contributed by atoms with Crippen LogP contribution in [-0.2, 0) is 4.79 Å². The molecule has 1 aromatic carbocycles. The number of carbonyl (C=O) groups is 1. The Morgan fingerprint density at radius 2 is 2.06 bits per heavy atom. The van der Waals surface area contributed by atoms with E-state index < -0.39 is 0 Å². The molecule has 1 fully saturated rings. The van der Waals surface area contributed by atoms with E-state index in [0.717, 1.165) is 5.56 Å². The molecule has 4 heteroatoms.